The van der Waals surface area contributed by atoms with E-state index in [9.17, 15) is 5.11 Å². The maximum Gasteiger partial charge on any atom is 0.124 e. The van der Waals surface area contributed by atoms with Crippen molar-refractivity contribution in [3.8, 4) is 11.5 Å². The number of ether oxygens (including phenoxy) is 1. The van der Waals surface area contributed by atoms with Crippen LogP contribution in [0.3, 0.4) is 0 Å². The SMILES string of the molecule is CCC(C)[C@H](c1ccc(OCc2ccccc2)cc1O)N1CCNCC1.Cl.Cl. The summed E-state index contributed by atoms with van der Waals surface area (Å²) >= 11 is 0. The lowest BCUT2D eigenvalue weighted by Crippen LogP contribution is -2.46. The number of nitrogens with one attached hydrogen (secondary N) is 1. The monoisotopic (exact) mass is 426 g/mol. The van der Waals surface area contributed by atoms with Gasteiger partial charge in [-0.15, -0.1) is 24.8 Å². The Morgan fingerprint density at radius 1 is 1.07 bits per heavy atom. The van der Waals surface area contributed by atoms with Gasteiger partial charge in [-0.3, -0.25) is 4.90 Å². The third kappa shape index (κ3) is 6.28. The van der Waals surface area contributed by atoms with Gasteiger partial charge in [0, 0.05) is 43.9 Å². The number of hydrogen-bond acceptors (Lipinski definition) is 4. The summed E-state index contributed by atoms with van der Waals surface area (Å²) in [5, 5.41) is 14.1. The van der Waals surface area contributed by atoms with Crippen LogP contribution in [0.15, 0.2) is 48.5 Å². The van der Waals surface area contributed by atoms with Gasteiger partial charge < -0.3 is 15.2 Å². The highest BCUT2D eigenvalue weighted by Crippen LogP contribution is 2.37. The van der Waals surface area contributed by atoms with Crippen molar-refractivity contribution >= 4 is 24.8 Å². The molecule has 1 aliphatic heterocycles. The standard InChI is InChI=1S/C22H30N2O2.2ClH/c1-3-17(2)22(24-13-11-23-12-14-24)20-10-9-19(15-21(20)25)26-16-18-7-5-4-6-8-18;;/h4-10,15,17,22-23,25H,3,11-14,16H2,1-2H3;2*1H/t17?,22-;;/m1../s1. The second-order valence-corrected chi connectivity index (χ2v) is 7.11. The molecule has 3 rings (SSSR count). The summed E-state index contributed by atoms with van der Waals surface area (Å²) < 4.78 is 5.86. The normalized spacial score (nSPS) is 16.4. The van der Waals surface area contributed by atoms with E-state index >= 15 is 0 Å². The molecule has 0 aromatic heterocycles. The number of aromatic hydroxyl groups is 1. The Hall–Kier alpha value is -1.46. The van der Waals surface area contributed by atoms with Crippen LogP contribution in [0.4, 0.5) is 0 Å². The second-order valence-electron chi connectivity index (χ2n) is 7.11. The van der Waals surface area contributed by atoms with E-state index < -0.39 is 0 Å². The molecular weight excluding hydrogens is 395 g/mol. The maximum absolute atomic E-state index is 10.7. The summed E-state index contributed by atoms with van der Waals surface area (Å²) in [6.45, 7) is 9.03. The van der Waals surface area contributed by atoms with Crippen molar-refractivity contribution in [3.05, 3.63) is 59.7 Å². The summed E-state index contributed by atoms with van der Waals surface area (Å²) in [7, 11) is 0. The van der Waals surface area contributed by atoms with Gasteiger partial charge in [0.25, 0.3) is 0 Å². The van der Waals surface area contributed by atoms with E-state index in [1.807, 2.05) is 42.5 Å². The van der Waals surface area contributed by atoms with Crippen LogP contribution >= 0.6 is 24.8 Å². The Bertz CT molecular complexity index is 694. The number of rotatable bonds is 7. The zero-order valence-electron chi connectivity index (χ0n) is 16.6. The zero-order chi connectivity index (χ0) is 18.4. The molecule has 1 saturated heterocycles. The van der Waals surface area contributed by atoms with E-state index in [-0.39, 0.29) is 30.9 Å². The van der Waals surface area contributed by atoms with Crippen LogP contribution in [0.5, 0.6) is 11.5 Å². The van der Waals surface area contributed by atoms with Gasteiger partial charge >= 0.3 is 0 Å². The smallest absolute Gasteiger partial charge is 0.124 e. The van der Waals surface area contributed by atoms with Gasteiger partial charge in [-0.25, -0.2) is 0 Å². The first kappa shape index (κ1) is 24.6. The fourth-order valence-electron chi connectivity index (χ4n) is 3.65. The number of halogens is 2. The van der Waals surface area contributed by atoms with Crippen LogP contribution in [0.2, 0.25) is 0 Å². The van der Waals surface area contributed by atoms with E-state index in [4.69, 9.17) is 4.74 Å². The van der Waals surface area contributed by atoms with Crippen LogP contribution < -0.4 is 10.1 Å². The molecule has 0 saturated carbocycles. The number of nitrogens with zero attached hydrogens (tertiary/aromatic N) is 1. The van der Waals surface area contributed by atoms with Crippen molar-refractivity contribution in [2.75, 3.05) is 26.2 Å². The van der Waals surface area contributed by atoms with E-state index in [0.29, 0.717) is 24.0 Å². The van der Waals surface area contributed by atoms with Gasteiger partial charge in [0.15, 0.2) is 0 Å². The Labute approximate surface area is 181 Å². The number of hydrogen-bond donors (Lipinski definition) is 2. The van der Waals surface area contributed by atoms with Gasteiger partial charge in [0.1, 0.15) is 18.1 Å². The van der Waals surface area contributed by atoms with Crippen molar-refractivity contribution in [1.29, 1.82) is 0 Å². The predicted octanol–water partition coefficient (Wildman–Crippen LogP) is 4.81. The van der Waals surface area contributed by atoms with E-state index in [0.717, 1.165) is 43.7 Å². The van der Waals surface area contributed by atoms with Crippen molar-refractivity contribution in [2.45, 2.75) is 32.9 Å². The van der Waals surface area contributed by atoms with Crippen molar-refractivity contribution < 1.29 is 9.84 Å². The number of phenolic OH excluding ortho intramolecular Hbond substituents is 1. The van der Waals surface area contributed by atoms with E-state index in [2.05, 4.69) is 24.1 Å². The summed E-state index contributed by atoms with van der Waals surface area (Å²) in [5.74, 6) is 1.52. The van der Waals surface area contributed by atoms with Crippen LogP contribution in [0, 0.1) is 5.92 Å². The highest BCUT2D eigenvalue weighted by Gasteiger charge is 2.28. The summed E-state index contributed by atoms with van der Waals surface area (Å²) in [4.78, 5) is 2.49. The number of phenols is 1. The molecule has 156 valence electrons. The highest BCUT2D eigenvalue weighted by molar-refractivity contribution is 5.85. The lowest BCUT2D eigenvalue weighted by atomic mass is 9.90. The van der Waals surface area contributed by atoms with Crippen LogP contribution in [0.25, 0.3) is 0 Å². The lowest BCUT2D eigenvalue weighted by Gasteiger charge is -2.38. The van der Waals surface area contributed by atoms with E-state index in [1.54, 1.807) is 6.07 Å². The molecule has 1 unspecified atom stereocenters. The molecule has 28 heavy (non-hydrogen) atoms. The Balaban J connectivity index is 0.00000196. The third-order valence-electron chi connectivity index (χ3n) is 5.30. The van der Waals surface area contributed by atoms with Gasteiger partial charge in [0.05, 0.1) is 0 Å². The average Bonchev–Trinajstić information content (AvgIpc) is 2.69. The van der Waals surface area contributed by atoms with Gasteiger partial charge in [-0.2, -0.15) is 0 Å². The van der Waals surface area contributed by atoms with Crippen LogP contribution in [-0.4, -0.2) is 36.2 Å². The summed E-state index contributed by atoms with van der Waals surface area (Å²) in [6.07, 6.45) is 1.08. The van der Waals surface area contributed by atoms with Gasteiger partial charge in [-0.05, 0) is 17.5 Å². The largest absolute Gasteiger partial charge is 0.507 e. The van der Waals surface area contributed by atoms with Gasteiger partial charge in [-0.1, -0.05) is 56.7 Å². The minimum atomic E-state index is 0. The number of benzene rings is 2. The molecule has 1 fully saturated rings. The van der Waals surface area contributed by atoms with E-state index in [1.165, 1.54) is 0 Å². The predicted molar refractivity (Wildman–Crippen MR) is 120 cm³/mol. The number of piperazine rings is 1. The first-order chi connectivity index (χ1) is 12.7. The maximum atomic E-state index is 10.7. The lowest BCUT2D eigenvalue weighted by molar-refractivity contribution is 0.126. The fraction of sp³-hybridized carbons (Fsp3) is 0.455. The molecule has 2 aromatic rings. The fourth-order valence-corrected chi connectivity index (χ4v) is 3.65. The van der Waals surface area contributed by atoms with Crippen LogP contribution in [-0.2, 0) is 6.61 Å². The summed E-state index contributed by atoms with van der Waals surface area (Å²) in [6, 6.07) is 16.1. The molecule has 0 radical (unpaired) electrons. The molecule has 6 heteroatoms. The highest BCUT2D eigenvalue weighted by atomic mass is 35.5. The minimum Gasteiger partial charge on any atom is -0.507 e. The van der Waals surface area contributed by atoms with Crippen molar-refractivity contribution in [2.24, 2.45) is 5.92 Å². The van der Waals surface area contributed by atoms with Crippen molar-refractivity contribution in [3.63, 3.8) is 0 Å². The quantitative estimate of drug-likeness (QED) is 0.666. The molecule has 4 nitrogen and oxygen atoms in total. The molecule has 2 N–H and O–H groups in total. The molecule has 1 aliphatic rings. The Morgan fingerprint density at radius 3 is 2.36 bits per heavy atom. The summed E-state index contributed by atoms with van der Waals surface area (Å²) in [5.41, 5.74) is 2.13. The first-order valence-electron chi connectivity index (χ1n) is 9.63. The molecule has 0 bridgehead atoms. The zero-order valence-corrected chi connectivity index (χ0v) is 18.3. The molecule has 2 atom stereocenters. The average molecular weight is 427 g/mol. The van der Waals surface area contributed by atoms with Crippen molar-refractivity contribution in [1.82, 2.24) is 10.2 Å². The molecule has 0 amide bonds. The third-order valence-corrected chi connectivity index (χ3v) is 5.30. The van der Waals surface area contributed by atoms with Gasteiger partial charge in [0.2, 0.25) is 0 Å². The molecule has 0 aliphatic carbocycles. The first-order valence-corrected chi connectivity index (χ1v) is 9.63. The van der Waals surface area contributed by atoms with Crippen LogP contribution in [0.1, 0.15) is 37.4 Å². The second kappa shape index (κ2) is 12.2. The topological polar surface area (TPSA) is 44.7 Å². The molecule has 2 aromatic carbocycles. The Kier molecular flexibility index (Phi) is 10.7. The minimum absolute atomic E-state index is 0. The molecular formula is C22H32Cl2N2O2. The molecule has 0 spiro atoms. The Morgan fingerprint density at radius 2 is 1.75 bits per heavy atom. The molecule has 1 heterocycles.